The second-order valence-electron chi connectivity index (χ2n) is 4.19. The van der Waals surface area contributed by atoms with Crippen molar-refractivity contribution in [2.75, 3.05) is 13.7 Å². The predicted octanol–water partition coefficient (Wildman–Crippen LogP) is -2.60. The van der Waals surface area contributed by atoms with Crippen molar-refractivity contribution >= 4 is 11.4 Å². The van der Waals surface area contributed by atoms with Crippen LogP contribution in [0.2, 0.25) is 0 Å². The van der Waals surface area contributed by atoms with Crippen LogP contribution in [0.1, 0.15) is 6.23 Å². The zero-order valence-corrected chi connectivity index (χ0v) is 11.7. The topological polar surface area (TPSA) is 140 Å². The number of aromatic amines is 1. The Morgan fingerprint density at radius 2 is 2.24 bits per heavy atom. The molecule has 21 heavy (non-hydrogen) atoms. The minimum Gasteiger partial charge on any atom is -0.394 e. The highest BCUT2D eigenvalue weighted by Crippen LogP contribution is 2.30. The lowest BCUT2D eigenvalue weighted by atomic mass is 10.1. The Balaban J connectivity index is 2.28. The molecule has 1 fully saturated rings. The zero-order chi connectivity index (χ0) is 15.6. The number of H-pyrrole nitrogens is 1. The van der Waals surface area contributed by atoms with Crippen molar-refractivity contribution in [3.63, 3.8) is 0 Å². The molecule has 2 rings (SSSR count). The zero-order valence-electron chi connectivity index (χ0n) is 10.9. The van der Waals surface area contributed by atoms with Gasteiger partial charge in [-0.3, -0.25) is 22.7 Å². The second kappa shape index (κ2) is 6.60. The van der Waals surface area contributed by atoms with Gasteiger partial charge in [-0.15, -0.1) is 0 Å². The van der Waals surface area contributed by atoms with Crippen molar-refractivity contribution in [2.45, 2.75) is 24.5 Å². The van der Waals surface area contributed by atoms with Crippen LogP contribution in [0.5, 0.6) is 0 Å². The molecule has 0 saturated carbocycles. The molecular weight excluding hydrogens is 308 g/mol. The SMILES string of the molecule is COS(=O)O[C@H]1[C@@H](O)[C@H](n2ccc(=O)[nH]c2=O)O[C@@H]1CO. The predicted molar refractivity (Wildman–Crippen MR) is 68.3 cm³/mol. The van der Waals surface area contributed by atoms with Gasteiger partial charge in [0.2, 0.25) is 0 Å². The number of ether oxygens (including phenoxy) is 1. The Morgan fingerprint density at radius 3 is 2.81 bits per heavy atom. The van der Waals surface area contributed by atoms with Crippen LogP contribution in [-0.4, -0.2) is 56.0 Å². The third-order valence-corrected chi connectivity index (χ3v) is 3.59. The van der Waals surface area contributed by atoms with Gasteiger partial charge in [0.05, 0.1) is 13.7 Å². The maximum Gasteiger partial charge on any atom is 0.330 e. The van der Waals surface area contributed by atoms with Crippen LogP contribution < -0.4 is 11.2 Å². The molecule has 1 aliphatic heterocycles. The molecule has 2 heterocycles. The molecule has 0 aromatic carbocycles. The van der Waals surface area contributed by atoms with E-state index < -0.39 is 53.8 Å². The van der Waals surface area contributed by atoms with Gasteiger partial charge in [-0.2, -0.15) is 4.21 Å². The molecule has 5 atom stereocenters. The number of aromatic nitrogens is 2. The standard InChI is InChI=1S/C10H14N2O8S/c1-18-21(17)20-8-5(4-13)19-9(7(8)15)12-3-2-6(14)11-10(12)16/h2-3,5,7-9,13,15H,4H2,1H3,(H,11,14,16)/t5-,7-,8-,9-,21?/m1/s1. The Labute approximate surface area is 120 Å². The normalized spacial score (nSPS) is 30.4. The van der Waals surface area contributed by atoms with Crippen LogP contribution in [0.15, 0.2) is 21.9 Å². The fourth-order valence-electron chi connectivity index (χ4n) is 1.97. The lowest BCUT2D eigenvalue weighted by Crippen LogP contribution is -2.39. The van der Waals surface area contributed by atoms with Crippen LogP contribution in [0.3, 0.4) is 0 Å². The van der Waals surface area contributed by atoms with E-state index >= 15 is 0 Å². The summed E-state index contributed by atoms with van der Waals surface area (Å²) in [6.45, 7) is -0.531. The Hall–Kier alpha value is -1.37. The van der Waals surface area contributed by atoms with Crippen LogP contribution in [0.4, 0.5) is 0 Å². The molecule has 0 spiro atoms. The van der Waals surface area contributed by atoms with Gasteiger partial charge in [0.25, 0.3) is 5.56 Å². The first-order valence-corrected chi connectivity index (χ1v) is 6.87. The molecule has 0 radical (unpaired) electrons. The van der Waals surface area contributed by atoms with E-state index in [9.17, 15) is 24.0 Å². The molecule has 118 valence electrons. The number of aliphatic hydroxyl groups excluding tert-OH is 2. The van der Waals surface area contributed by atoms with Crippen molar-refractivity contribution in [2.24, 2.45) is 0 Å². The van der Waals surface area contributed by atoms with Crippen molar-refractivity contribution in [1.82, 2.24) is 9.55 Å². The van der Waals surface area contributed by atoms with Crippen LogP contribution in [0.25, 0.3) is 0 Å². The van der Waals surface area contributed by atoms with Gasteiger partial charge in [-0.25, -0.2) is 4.79 Å². The summed E-state index contributed by atoms with van der Waals surface area (Å²) in [6.07, 6.45) is -3.64. The van der Waals surface area contributed by atoms with E-state index in [0.717, 1.165) is 23.9 Å². The van der Waals surface area contributed by atoms with E-state index in [4.69, 9.17) is 8.92 Å². The van der Waals surface area contributed by atoms with Crippen LogP contribution >= 0.6 is 0 Å². The lowest BCUT2D eigenvalue weighted by Gasteiger charge is -2.18. The van der Waals surface area contributed by atoms with Crippen molar-refractivity contribution in [3.8, 4) is 0 Å². The average Bonchev–Trinajstić information content (AvgIpc) is 2.76. The fraction of sp³-hybridized carbons (Fsp3) is 0.600. The molecule has 0 bridgehead atoms. The molecule has 0 aliphatic carbocycles. The first-order valence-electron chi connectivity index (χ1n) is 5.87. The summed E-state index contributed by atoms with van der Waals surface area (Å²) in [5, 5.41) is 19.4. The van der Waals surface area contributed by atoms with E-state index in [0.29, 0.717) is 0 Å². The van der Waals surface area contributed by atoms with Gasteiger partial charge in [-0.05, 0) is 0 Å². The van der Waals surface area contributed by atoms with Gasteiger partial charge in [0, 0.05) is 12.3 Å². The molecular formula is C10H14N2O8S. The summed E-state index contributed by atoms with van der Waals surface area (Å²) < 4.78 is 26.8. The lowest BCUT2D eigenvalue weighted by molar-refractivity contribution is -0.0544. The van der Waals surface area contributed by atoms with Gasteiger partial charge < -0.3 is 14.9 Å². The molecule has 3 N–H and O–H groups in total. The quantitative estimate of drug-likeness (QED) is 0.536. The average molecular weight is 322 g/mol. The summed E-state index contributed by atoms with van der Waals surface area (Å²) in [4.78, 5) is 24.7. The summed E-state index contributed by atoms with van der Waals surface area (Å²) in [5.41, 5.74) is -1.40. The number of hydrogen-bond donors (Lipinski definition) is 3. The summed E-state index contributed by atoms with van der Waals surface area (Å²) >= 11 is -2.14. The van der Waals surface area contributed by atoms with Gasteiger partial charge in [0.1, 0.15) is 18.3 Å². The number of rotatable bonds is 5. The molecule has 1 unspecified atom stereocenters. The molecule has 10 nitrogen and oxygen atoms in total. The summed E-state index contributed by atoms with van der Waals surface area (Å²) in [7, 11) is 1.14. The molecule has 1 aromatic heterocycles. The van der Waals surface area contributed by atoms with Gasteiger partial charge in [0.15, 0.2) is 6.23 Å². The maximum absolute atomic E-state index is 11.7. The Bertz CT molecular complexity index is 628. The molecule has 1 aliphatic rings. The third kappa shape index (κ3) is 3.28. The molecule has 1 saturated heterocycles. The van der Waals surface area contributed by atoms with Gasteiger partial charge >= 0.3 is 17.1 Å². The number of hydrogen-bond acceptors (Lipinski definition) is 8. The van der Waals surface area contributed by atoms with Gasteiger partial charge in [-0.1, -0.05) is 0 Å². The van der Waals surface area contributed by atoms with E-state index in [1.807, 2.05) is 4.98 Å². The molecule has 1 aromatic rings. The number of nitrogens with one attached hydrogen (secondary N) is 1. The highest BCUT2D eigenvalue weighted by atomic mass is 32.2. The largest absolute Gasteiger partial charge is 0.394 e. The van der Waals surface area contributed by atoms with Crippen molar-refractivity contribution < 1.29 is 27.5 Å². The maximum atomic E-state index is 11.7. The number of aliphatic hydroxyl groups is 2. The highest BCUT2D eigenvalue weighted by Gasteiger charge is 2.46. The highest BCUT2D eigenvalue weighted by molar-refractivity contribution is 7.75. The molecule has 0 amide bonds. The molecule has 11 heteroatoms. The van der Waals surface area contributed by atoms with E-state index in [-0.39, 0.29) is 0 Å². The second-order valence-corrected chi connectivity index (χ2v) is 5.12. The minimum atomic E-state index is -2.14. The first-order chi connectivity index (χ1) is 9.97. The van der Waals surface area contributed by atoms with E-state index in [2.05, 4.69) is 4.18 Å². The fourth-order valence-corrected chi connectivity index (χ4v) is 2.47. The van der Waals surface area contributed by atoms with Crippen molar-refractivity contribution in [1.29, 1.82) is 0 Å². The summed E-state index contributed by atoms with van der Waals surface area (Å²) in [6, 6.07) is 1.08. The van der Waals surface area contributed by atoms with Crippen LogP contribution in [0, 0.1) is 0 Å². The van der Waals surface area contributed by atoms with Crippen LogP contribution in [-0.2, 0) is 24.5 Å². The third-order valence-electron chi connectivity index (χ3n) is 2.94. The van der Waals surface area contributed by atoms with Crippen molar-refractivity contribution in [3.05, 3.63) is 33.1 Å². The smallest absolute Gasteiger partial charge is 0.330 e. The minimum absolute atomic E-state index is 0.531. The van der Waals surface area contributed by atoms with E-state index in [1.165, 1.54) is 0 Å². The van der Waals surface area contributed by atoms with E-state index in [1.54, 1.807) is 0 Å². The Kier molecular flexibility index (Phi) is 5.03. The number of nitrogens with zero attached hydrogens (tertiary/aromatic N) is 1. The first kappa shape index (κ1) is 16.0. The Morgan fingerprint density at radius 1 is 1.52 bits per heavy atom. The summed E-state index contributed by atoms with van der Waals surface area (Å²) in [5.74, 6) is 0. The monoisotopic (exact) mass is 322 g/mol.